The number of imide groups is 1. The summed E-state index contributed by atoms with van der Waals surface area (Å²) in [6, 6.07) is 10.1. The van der Waals surface area contributed by atoms with Crippen molar-refractivity contribution < 1.29 is 31.9 Å². The van der Waals surface area contributed by atoms with Crippen LogP contribution in [0.4, 0.5) is 28.3 Å². The molecule has 0 spiro atoms. The van der Waals surface area contributed by atoms with E-state index < -0.39 is 35.6 Å². The second kappa shape index (κ2) is 8.78. The number of nitrogens with one attached hydrogen (secondary N) is 2. The van der Waals surface area contributed by atoms with Gasteiger partial charge in [-0.1, -0.05) is 12.1 Å². The number of hydrogen-bond donors (Lipinski definition) is 2. The minimum Gasteiger partial charge on any atom is -0.496 e. The number of aromatic nitrogens is 2. The third-order valence-electron chi connectivity index (χ3n) is 3.96. The third kappa shape index (κ3) is 5.32. The van der Waals surface area contributed by atoms with Gasteiger partial charge in [-0.15, -0.1) is 0 Å². The highest BCUT2D eigenvalue weighted by Gasteiger charge is 2.34. The SMILES string of the molecule is COc1ccccc1C(=O)NC(=O)Nc1nc(-c2ccc(F)cc2)cc(C(F)(F)F)n1. The van der Waals surface area contributed by atoms with Gasteiger partial charge in [-0.3, -0.25) is 15.4 Å². The van der Waals surface area contributed by atoms with Crippen LogP contribution in [0.5, 0.6) is 5.75 Å². The first-order valence-corrected chi connectivity index (χ1v) is 8.65. The fourth-order valence-electron chi connectivity index (χ4n) is 2.55. The second-order valence-corrected chi connectivity index (χ2v) is 6.08. The molecule has 0 aliphatic carbocycles. The van der Waals surface area contributed by atoms with Gasteiger partial charge in [-0.25, -0.2) is 19.2 Å². The molecule has 160 valence electrons. The predicted octanol–water partition coefficient (Wildman–Crippen LogP) is 4.27. The molecular weight excluding hydrogens is 420 g/mol. The van der Waals surface area contributed by atoms with E-state index in [4.69, 9.17) is 4.74 Å². The number of carbonyl (C=O) groups excluding carboxylic acids is 2. The number of halogens is 4. The zero-order valence-electron chi connectivity index (χ0n) is 15.8. The maximum Gasteiger partial charge on any atom is 0.433 e. The van der Waals surface area contributed by atoms with Gasteiger partial charge in [0.1, 0.15) is 11.6 Å². The molecule has 0 radical (unpaired) electrons. The molecule has 11 heteroatoms. The first kappa shape index (κ1) is 21.7. The number of alkyl halides is 3. The Hall–Kier alpha value is -4.02. The number of methoxy groups -OCH3 is 1. The molecule has 0 atom stereocenters. The minimum atomic E-state index is -4.84. The van der Waals surface area contributed by atoms with E-state index in [1.807, 2.05) is 10.6 Å². The number of carbonyl (C=O) groups is 2. The van der Waals surface area contributed by atoms with Gasteiger partial charge in [0, 0.05) is 5.56 Å². The summed E-state index contributed by atoms with van der Waals surface area (Å²) in [6.07, 6.45) is -4.84. The van der Waals surface area contributed by atoms with Gasteiger partial charge in [-0.05, 0) is 42.5 Å². The van der Waals surface area contributed by atoms with Crippen LogP contribution in [0.2, 0.25) is 0 Å². The van der Waals surface area contributed by atoms with Crippen LogP contribution in [0.15, 0.2) is 54.6 Å². The summed E-state index contributed by atoms with van der Waals surface area (Å²) in [6.45, 7) is 0. The number of anilines is 1. The number of benzene rings is 2. The molecule has 2 aromatic carbocycles. The van der Waals surface area contributed by atoms with Crippen LogP contribution >= 0.6 is 0 Å². The van der Waals surface area contributed by atoms with Crippen molar-refractivity contribution >= 4 is 17.9 Å². The minimum absolute atomic E-state index is 0.0390. The average molecular weight is 434 g/mol. The van der Waals surface area contributed by atoms with E-state index in [0.717, 1.165) is 12.1 Å². The van der Waals surface area contributed by atoms with Crippen LogP contribution in [0.1, 0.15) is 16.1 Å². The standard InChI is InChI=1S/C20H14F4N4O3/c1-31-15-5-3-2-4-13(15)17(29)27-19(30)28-18-25-14(10-16(26-18)20(22,23)24)11-6-8-12(21)9-7-11/h2-10H,1H3,(H2,25,26,27,28,29,30). The third-order valence-corrected chi connectivity index (χ3v) is 3.96. The quantitative estimate of drug-likeness (QED) is 0.599. The Morgan fingerprint density at radius 3 is 2.32 bits per heavy atom. The van der Waals surface area contributed by atoms with E-state index in [9.17, 15) is 27.2 Å². The fraction of sp³-hybridized carbons (Fsp3) is 0.100. The van der Waals surface area contributed by atoms with Crippen molar-refractivity contribution in [3.63, 3.8) is 0 Å². The van der Waals surface area contributed by atoms with Gasteiger partial charge in [0.05, 0.1) is 18.4 Å². The molecule has 0 aliphatic heterocycles. The second-order valence-electron chi connectivity index (χ2n) is 6.08. The molecule has 0 fully saturated rings. The lowest BCUT2D eigenvalue weighted by atomic mass is 10.1. The predicted molar refractivity (Wildman–Crippen MR) is 102 cm³/mol. The molecule has 1 aromatic heterocycles. The molecule has 0 saturated heterocycles. The maximum absolute atomic E-state index is 13.2. The van der Waals surface area contributed by atoms with E-state index >= 15 is 0 Å². The highest BCUT2D eigenvalue weighted by Crippen LogP contribution is 2.31. The summed E-state index contributed by atoms with van der Waals surface area (Å²) < 4.78 is 57.8. The van der Waals surface area contributed by atoms with Gasteiger partial charge < -0.3 is 4.74 Å². The average Bonchev–Trinajstić information content (AvgIpc) is 2.73. The van der Waals surface area contributed by atoms with Crippen molar-refractivity contribution in [2.24, 2.45) is 0 Å². The van der Waals surface area contributed by atoms with E-state index in [1.165, 1.54) is 31.4 Å². The van der Waals surface area contributed by atoms with Crippen LogP contribution in [0.3, 0.4) is 0 Å². The molecule has 0 saturated carbocycles. The normalized spacial score (nSPS) is 11.0. The van der Waals surface area contributed by atoms with Gasteiger partial charge in [0.2, 0.25) is 5.95 Å². The lowest BCUT2D eigenvalue weighted by Gasteiger charge is -2.12. The molecule has 0 unspecified atom stereocenters. The molecule has 31 heavy (non-hydrogen) atoms. The van der Waals surface area contributed by atoms with Crippen LogP contribution in [-0.4, -0.2) is 29.0 Å². The Labute approximate surface area is 173 Å². The van der Waals surface area contributed by atoms with Gasteiger partial charge in [0.25, 0.3) is 5.91 Å². The Morgan fingerprint density at radius 2 is 1.68 bits per heavy atom. The van der Waals surface area contributed by atoms with Crippen LogP contribution in [0.25, 0.3) is 11.3 Å². The van der Waals surface area contributed by atoms with Crippen molar-refractivity contribution in [1.29, 1.82) is 0 Å². The van der Waals surface area contributed by atoms with Gasteiger partial charge >= 0.3 is 12.2 Å². The van der Waals surface area contributed by atoms with Crippen molar-refractivity contribution in [3.05, 3.63) is 71.7 Å². The summed E-state index contributed by atoms with van der Waals surface area (Å²) in [7, 11) is 1.33. The smallest absolute Gasteiger partial charge is 0.433 e. The van der Waals surface area contributed by atoms with Crippen LogP contribution in [0, 0.1) is 5.82 Å². The fourth-order valence-corrected chi connectivity index (χ4v) is 2.55. The highest BCUT2D eigenvalue weighted by molar-refractivity contribution is 6.08. The number of amides is 3. The summed E-state index contributed by atoms with van der Waals surface area (Å²) >= 11 is 0. The Morgan fingerprint density at radius 1 is 1.00 bits per heavy atom. The monoisotopic (exact) mass is 434 g/mol. The summed E-state index contributed by atoms with van der Waals surface area (Å²) in [5, 5.41) is 3.97. The number of hydrogen-bond acceptors (Lipinski definition) is 5. The largest absolute Gasteiger partial charge is 0.496 e. The van der Waals surface area contributed by atoms with E-state index in [1.54, 1.807) is 12.1 Å². The first-order valence-electron chi connectivity index (χ1n) is 8.65. The Kier molecular flexibility index (Phi) is 6.14. The molecule has 3 amide bonds. The molecule has 7 nitrogen and oxygen atoms in total. The maximum atomic E-state index is 13.2. The number of nitrogens with zero attached hydrogens (tertiary/aromatic N) is 2. The molecule has 0 aliphatic rings. The van der Waals surface area contributed by atoms with E-state index in [2.05, 4.69) is 9.97 Å². The summed E-state index contributed by atoms with van der Waals surface area (Å²) in [5.74, 6) is -1.93. The number of ether oxygens (including phenoxy) is 1. The molecule has 0 bridgehead atoms. The summed E-state index contributed by atoms with van der Waals surface area (Å²) in [4.78, 5) is 31.6. The van der Waals surface area contributed by atoms with E-state index in [0.29, 0.717) is 6.07 Å². The topological polar surface area (TPSA) is 93.2 Å². The molecular formula is C20H14F4N4O3. The molecule has 1 heterocycles. The van der Waals surface area contributed by atoms with Crippen molar-refractivity contribution in [2.75, 3.05) is 12.4 Å². The Bertz CT molecular complexity index is 1120. The molecule has 3 rings (SSSR count). The zero-order chi connectivity index (χ0) is 22.6. The highest BCUT2D eigenvalue weighted by atomic mass is 19.4. The molecule has 2 N–H and O–H groups in total. The van der Waals surface area contributed by atoms with E-state index in [-0.39, 0.29) is 22.6 Å². The first-order chi connectivity index (χ1) is 14.7. The lowest BCUT2D eigenvalue weighted by Crippen LogP contribution is -2.35. The number of rotatable bonds is 4. The zero-order valence-corrected chi connectivity index (χ0v) is 15.8. The number of para-hydroxylation sites is 1. The van der Waals surface area contributed by atoms with Crippen LogP contribution in [-0.2, 0) is 6.18 Å². The van der Waals surface area contributed by atoms with Crippen molar-refractivity contribution in [3.8, 4) is 17.0 Å². The van der Waals surface area contributed by atoms with Crippen LogP contribution < -0.4 is 15.4 Å². The molecule has 3 aromatic rings. The van der Waals surface area contributed by atoms with Gasteiger partial charge in [0.15, 0.2) is 5.69 Å². The Balaban J connectivity index is 1.86. The van der Waals surface area contributed by atoms with Gasteiger partial charge in [-0.2, -0.15) is 13.2 Å². The lowest BCUT2D eigenvalue weighted by molar-refractivity contribution is -0.141. The van der Waals surface area contributed by atoms with Crippen molar-refractivity contribution in [1.82, 2.24) is 15.3 Å². The number of urea groups is 1. The van der Waals surface area contributed by atoms with Crippen molar-refractivity contribution in [2.45, 2.75) is 6.18 Å². The summed E-state index contributed by atoms with van der Waals surface area (Å²) in [5.41, 5.74) is -1.32.